The molecule has 0 aliphatic carbocycles. The van der Waals surface area contributed by atoms with E-state index in [0.717, 1.165) is 17.0 Å². The van der Waals surface area contributed by atoms with Crippen molar-refractivity contribution in [3.8, 4) is 11.5 Å². The van der Waals surface area contributed by atoms with Gasteiger partial charge in [0.15, 0.2) is 16.6 Å². The molecule has 2 rings (SSSR count). The summed E-state index contributed by atoms with van der Waals surface area (Å²) in [6.07, 6.45) is 0. The number of thiocarbonyl (C=S) groups is 1. The fourth-order valence-corrected chi connectivity index (χ4v) is 2.23. The maximum absolute atomic E-state index is 5.27. The third-order valence-electron chi connectivity index (χ3n) is 3.44. The molecule has 2 aromatic rings. The molecule has 0 saturated heterocycles. The van der Waals surface area contributed by atoms with E-state index in [4.69, 9.17) is 21.7 Å². The van der Waals surface area contributed by atoms with Gasteiger partial charge in [0.1, 0.15) is 0 Å². The molecule has 5 nitrogen and oxygen atoms in total. The van der Waals surface area contributed by atoms with Crippen LogP contribution in [0.4, 0.5) is 5.69 Å². The molecule has 126 valence electrons. The molecule has 0 amide bonds. The summed E-state index contributed by atoms with van der Waals surface area (Å²) in [4.78, 5) is 0. The van der Waals surface area contributed by atoms with Crippen LogP contribution in [0.5, 0.6) is 11.5 Å². The van der Waals surface area contributed by atoms with Crippen molar-refractivity contribution in [3.63, 3.8) is 0 Å². The van der Waals surface area contributed by atoms with Crippen molar-refractivity contribution < 1.29 is 9.47 Å². The van der Waals surface area contributed by atoms with Crippen LogP contribution >= 0.6 is 12.2 Å². The molecule has 0 aromatic heterocycles. The zero-order chi connectivity index (χ0) is 17.5. The Labute approximate surface area is 147 Å². The Morgan fingerprint density at radius 2 is 1.67 bits per heavy atom. The minimum atomic E-state index is 0.397. The first kappa shape index (κ1) is 17.7. The highest BCUT2D eigenvalue weighted by Crippen LogP contribution is 2.29. The van der Waals surface area contributed by atoms with Crippen LogP contribution in [0.2, 0.25) is 0 Å². The van der Waals surface area contributed by atoms with E-state index in [1.165, 1.54) is 5.56 Å². The first-order chi connectivity index (χ1) is 11.5. The van der Waals surface area contributed by atoms with Gasteiger partial charge < -0.3 is 14.8 Å². The molecule has 0 heterocycles. The average molecular weight is 343 g/mol. The molecule has 0 fully saturated rings. The Hall–Kier alpha value is -2.60. The van der Waals surface area contributed by atoms with Gasteiger partial charge >= 0.3 is 0 Å². The highest BCUT2D eigenvalue weighted by Gasteiger charge is 2.05. The van der Waals surface area contributed by atoms with Crippen molar-refractivity contribution in [3.05, 3.63) is 53.6 Å². The molecule has 0 bridgehead atoms. The predicted molar refractivity (Wildman–Crippen MR) is 102 cm³/mol. The predicted octanol–water partition coefficient (Wildman–Crippen LogP) is 3.72. The molecule has 0 unspecified atom stereocenters. The Kier molecular flexibility index (Phi) is 6.14. The van der Waals surface area contributed by atoms with E-state index in [1.54, 1.807) is 14.2 Å². The monoisotopic (exact) mass is 343 g/mol. The first-order valence-corrected chi connectivity index (χ1v) is 7.84. The molecular weight excluding hydrogens is 322 g/mol. The standard InChI is InChI=1S/C18H21N3O2S/c1-12-5-7-14(8-6-12)13(2)20-21-18(24)19-15-9-10-16(22-3)17(11-15)23-4/h5-11H,1-4H3,(H2,19,21,24)/b20-13-. The lowest BCUT2D eigenvalue weighted by atomic mass is 10.1. The normalized spacial score (nSPS) is 10.9. The summed E-state index contributed by atoms with van der Waals surface area (Å²) in [6.45, 7) is 3.98. The number of ether oxygens (including phenoxy) is 2. The number of hydrazone groups is 1. The van der Waals surface area contributed by atoms with Gasteiger partial charge in [-0.05, 0) is 43.8 Å². The third kappa shape index (κ3) is 4.70. The highest BCUT2D eigenvalue weighted by molar-refractivity contribution is 7.80. The van der Waals surface area contributed by atoms with Crippen LogP contribution in [0.15, 0.2) is 47.6 Å². The Bertz CT molecular complexity index is 742. The van der Waals surface area contributed by atoms with Gasteiger partial charge in [-0.1, -0.05) is 29.8 Å². The zero-order valence-corrected chi connectivity index (χ0v) is 15.0. The van der Waals surface area contributed by atoms with Gasteiger partial charge in [-0.2, -0.15) is 5.10 Å². The van der Waals surface area contributed by atoms with Crippen LogP contribution < -0.4 is 20.2 Å². The molecule has 2 aromatic carbocycles. The number of methoxy groups -OCH3 is 2. The zero-order valence-electron chi connectivity index (χ0n) is 14.2. The number of anilines is 1. The highest BCUT2D eigenvalue weighted by atomic mass is 32.1. The summed E-state index contributed by atoms with van der Waals surface area (Å²) >= 11 is 5.26. The van der Waals surface area contributed by atoms with Gasteiger partial charge in [-0.3, -0.25) is 5.43 Å². The Balaban J connectivity index is 2.00. The molecule has 6 heteroatoms. The van der Waals surface area contributed by atoms with Gasteiger partial charge in [-0.25, -0.2) is 0 Å². The van der Waals surface area contributed by atoms with Gasteiger partial charge in [0.05, 0.1) is 19.9 Å². The molecule has 0 radical (unpaired) electrons. The summed E-state index contributed by atoms with van der Waals surface area (Å²) in [5, 5.41) is 7.76. The van der Waals surface area contributed by atoms with Crippen molar-refractivity contribution in [1.82, 2.24) is 5.43 Å². The van der Waals surface area contributed by atoms with Crippen LogP contribution in [0, 0.1) is 6.92 Å². The number of benzene rings is 2. The molecule has 0 atom stereocenters. The summed E-state index contributed by atoms with van der Waals surface area (Å²) < 4.78 is 10.5. The number of hydrogen-bond acceptors (Lipinski definition) is 4. The smallest absolute Gasteiger partial charge is 0.191 e. The van der Waals surface area contributed by atoms with Gasteiger partial charge in [0, 0.05) is 11.8 Å². The second kappa shape index (κ2) is 8.31. The van der Waals surface area contributed by atoms with E-state index in [-0.39, 0.29) is 0 Å². The van der Waals surface area contributed by atoms with Crippen molar-refractivity contribution in [2.24, 2.45) is 5.10 Å². The fourth-order valence-electron chi connectivity index (χ4n) is 2.07. The van der Waals surface area contributed by atoms with E-state index in [0.29, 0.717) is 16.6 Å². The maximum atomic E-state index is 5.27. The summed E-state index contributed by atoms with van der Waals surface area (Å²) in [6, 6.07) is 13.6. The first-order valence-electron chi connectivity index (χ1n) is 7.44. The topological polar surface area (TPSA) is 54.9 Å². The van der Waals surface area contributed by atoms with Gasteiger partial charge in [0.2, 0.25) is 0 Å². The molecule has 0 saturated carbocycles. The lowest BCUT2D eigenvalue weighted by Crippen LogP contribution is -2.25. The minimum Gasteiger partial charge on any atom is -0.493 e. The van der Waals surface area contributed by atoms with E-state index in [9.17, 15) is 0 Å². The summed E-state index contributed by atoms with van der Waals surface area (Å²) in [5.74, 6) is 1.29. The molecular formula is C18H21N3O2S. The van der Waals surface area contributed by atoms with E-state index in [1.807, 2.05) is 37.3 Å². The van der Waals surface area contributed by atoms with E-state index >= 15 is 0 Å². The summed E-state index contributed by atoms with van der Waals surface area (Å²) in [5.41, 5.74) is 6.74. The van der Waals surface area contributed by atoms with Crippen molar-refractivity contribution in [2.45, 2.75) is 13.8 Å². The largest absolute Gasteiger partial charge is 0.493 e. The van der Waals surface area contributed by atoms with Gasteiger partial charge in [-0.15, -0.1) is 0 Å². The minimum absolute atomic E-state index is 0.397. The molecule has 2 N–H and O–H groups in total. The number of nitrogens with one attached hydrogen (secondary N) is 2. The quantitative estimate of drug-likeness (QED) is 0.492. The lowest BCUT2D eigenvalue weighted by molar-refractivity contribution is 0.355. The second-order valence-corrected chi connectivity index (χ2v) is 5.61. The number of nitrogens with zero attached hydrogens (tertiary/aromatic N) is 1. The second-order valence-electron chi connectivity index (χ2n) is 5.20. The van der Waals surface area contributed by atoms with Crippen LogP contribution in [-0.4, -0.2) is 25.0 Å². The molecule has 0 aliphatic rings. The van der Waals surface area contributed by atoms with Gasteiger partial charge in [0.25, 0.3) is 0 Å². The summed E-state index contributed by atoms with van der Waals surface area (Å²) in [7, 11) is 3.19. The molecule has 0 spiro atoms. The average Bonchev–Trinajstić information content (AvgIpc) is 2.60. The van der Waals surface area contributed by atoms with Crippen LogP contribution in [0.25, 0.3) is 0 Å². The van der Waals surface area contributed by atoms with Crippen LogP contribution in [0.3, 0.4) is 0 Å². The third-order valence-corrected chi connectivity index (χ3v) is 3.63. The number of hydrogen-bond donors (Lipinski definition) is 2. The Morgan fingerprint density at radius 1 is 1.00 bits per heavy atom. The Morgan fingerprint density at radius 3 is 2.29 bits per heavy atom. The van der Waals surface area contributed by atoms with Crippen LogP contribution in [0.1, 0.15) is 18.1 Å². The lowest BCUT2D eigenvalue weighted by Gasteiger charge is -2.12. The number of aryl methyl sites for hydroxylation is 1. The van der Waals surface area contributed by atoms with E-state index < -0.39 is 0 Å². The SMILES string of the molecule is COc1ccc(NC(=S)N/N=C(/C)c2ccc(C)cc2)cc1OC. The molecule has 24 heavy (non-hydrogen) atoms. The molecule has 0 aliphatic heterocycles. The number of rotatable bonds is 5. The fraction of sp³-hybridized carbons (Fsp3) is 0.222. The van der Waals surface area contributed by atoms with E-state index in [2.05, 4.69) is 34.9 Å². The van der Waals surface area contributed by atoms with Crippen LogP contribution in [-0.2, 0) is 0 Å². The van der Waals surface area contributed by atoms with Crippen molar-refractivity contribution in [1.29, 1.82) is 0 Å². The van der Waals surface area contributed by atoms with Crippen molar-refractivity contribution >= 4 is 28.7 Å². The van der Waals surface area contributed by atoms with Crippen molar-refractivity contribution in [2.75, 3.05) is 19.5 Å². The maximum Gasteiger partial charge on any atom is 0.191 e.